The number of carboxylic acid groups (broad SMARTS) is 3. The highest BCUT2D eigenvalue weighted by Gasteiger charge is 2.45. The van der Waals surface area contributed by atoms with Crippen molar-refractivity contribution in [3.05, 3.63) is 29.8 Å². The van der Waals surface area contributed by atoms with Gasteiger partial charge in [0.1, 0.15) is 66.2 Å². The Morgan fingerprint density at radius 3 is 1.53 bits per heavy atom. The summed E-state index contributed by atoms with van der Waals surface area (Å²) in [7, 11) is 0. The maximum absolute atomic E-state index is 14.4. The molecule has 14 N–H and O–H groups in total. The number of phenolic OH excluding ortho intramolecular Hbond substituents is 1. The van der Waals surface area contributed by atoms with Gasteiger partial charge in [0.2, 0.25) is 59.1 Å². The van der Waals surface area contributed by atoms with Crippen LogP contribution < -0.4 is 43.0 Å². The van der Waals surface area contributed by atoms with E-state index in [2.05, 4.69) is 37.2 Å². The van der Waals surface area contributed by atoms with Crippen molar-refractivity contribution in [2.24, 2.45) is 11.7 Å². The number of likely N-dealkylation sites (tertiary alicyclic amines) is 3. The number of benzene rings is 1. The van der Waals surface area contributed by atoms with Gasteiger partial charge in [0.05, 0.1) is 12.1 Å². The number of nitrogens with one attached hydrogen (secondary N) is 7. The third kappa shape index (κ3) is 20.9. The molecule has 12 atom stereocenters. The molecule has 472 valence electrons. The number of carboxylic acids is 3. The number of hydrogen-bond donors (Lipinski definition) is 13. The topological polar surface area (TPSA) is 443 Å². The average Bonchev–Trinajstić information content (AvgIpc) is 3.00. The Hall–Kier alpha value is -7.60. The molecule has 29 nitrogen and oxygen atoms in total. The molecule has 10 amide bonds. The Bertz CT molecular complexity index is 2590. The van der Waals surface area contributed by atoms with Gasteiger partial charge in [-0.25, -0.2) is 0 Å². The predicted molar refractivity (Wildman–Crippen MR) is 304 cm³/mol. The molecular weight excluding hydrogens is 1130 g/mol. The van der Waals surface area contributed by atoms with Crippen molar-refractivity contribution < 1.29 is 87.9 Å². The molecule has 4 rings (SSSR count). The van der Waals surface area contributed by atoms with Crippen molar-refractivity contribution in [2.75, 3.05) is 31.6 Å². The summed E-state index contributed by atoms with van der Waals surface area (Å²) in [5.74, 6) is -12.1. The number of hydrogen-bond acceptors (Lipinski definition) is 17. The Morgan fingerprint density at radius 1 is 0.565 bits per heavy atom. The first kappa shape index (κ1) is 69.9. The lowest BCUT2D eigenvalue weighted by molar-refractivity contribution is -0.148. The molecule has 3 aliphatic rings. The Morgan fingerprint density at radius 2 is 1.01 bits per heavy atom. The summed E-state index contributed by atoms with van der Waals surface area (Å²) in [6.45, 7) is 8.00. The minimum Gasteiger partial charge on any atom is -0.508 e. The highest BCUT2D eigenvalue weighted by molar-refractivity contribution is 7.98. The van der Waals surface area contributed by atoms with Crippen molar-refractivity contribution in [1.82, 2.24) is 51.9 Å². The van der Waals surface area contributed by atoms with Gasteiger partial charge in [0.15, 0.2) is 0 Å². The molecule has 0 radical (unpaired) electrons. The van der Waals surface area contributed by atoms with Crippen molar-refractivity contribution >= 4 is 88.7 Å². The van der Waals surface area contributed by atoms with Gasteiger partial charge in [0.25, 0.3) is 0 Å². The Balaban J connectivity index is 1.50. The largest absolute Gasteiger partial charge is 0.508 e. The molecule has 0 unspecified atom stereocenters. The van der Waals surface area contributed by atoms with E-state index in [1.807, 2.05) is 13.8 Å². The zero-order chi connectivity index (χ0) is 63.4. The van der Waals surface area contributed by atoms with Crippen molar-refractivity contribution in [3.8, 4) is 5.75 Å². The van der Waals surface area contributed by atoms with Crippen molar-refractivity contribution in [2.45, 2.75) is 191 Å². The molecule has 0 aromatic heterocycles. The lowest BCUT2D eigenvalue weighted by Crippen LogP contribution is -2.61. The van der Waals surface area contributed by atoms with E-state index in [1.54, 1.807) is 6.26 Å². The molecule has 3 saturated heterocycles. The maximum Gasteiger partial charge on any atom is 0.325 e. The highest BCUT2D eigenvalue weighted by Crippen LogP contribution is 2.27. The summed E-state index contributed by atoms with van der Waals surface area (Å²) in [6, 6.07) is -9.13. The maximum atomic E-state index is 14.4. The molecule has 1 aromatic rings. The molecule has 1 aromatic carbocycles. The van der Waals surface area contributed by atoms with Gasteiger partial charge in [-0.3, -0.25) is 62.3 Å². The molecule has 3 heterocycles. The monoisotopic (exact) mass is 1220 g/mol. The summed E-state index contributed by atoms with van der Waals surface area (Å²) in [4.78, 5) is 178. The van der Waals surface area contributed by atoms with Gasteiger partial charge >= 0.3 is 17.9 Å². The SMILES string of the molecule is CSCC[C@H](NC(=O)[C@H](Cc1ccc(O)cc1)NC(=O)[C@H](CCC(=O)O)NC(=O)[C@@H]1CCCN1C(=O)[C@@H]1CCCN1C(=O)[C@H](C)NC(=O)[C@@H](NC(=O)[C@@H]1CCCN1C(=O)[C@@H](N)CC(C)C)[C@@H](C)O)C(=O)N[C@@H](CCC(=O)O)C(=O)N[C@@H](C)C(=O)O. The fourth-order valence-electron chi connectivity index (χ4n) is 10.3. The number of rotatable bonds is 32. The number of carbonyl (C=O) groups is 13. The number of carbonyl (C=O) groups excluding carboxylic acids is 10. The summed E-state index contributed by atoms with van der Waals surface area (Å²) >= 11 is 1.28. The standard InChI is InChI=1S/C55H83N11O18S/c1-28(2)26-34(56)53(81)64-22-7-11-40(64)50(78)63-44(31(5)67)51(79)57-29(3)52(80)66-24-9-12-41(66)54(82)65-23-8-10-39(65)49(77)61-36(18-20-43(71)72)46(74)62-38(27-32-13-15-33(68)16-14-32)48(76)60-37(21-25-85-6)47(75)59-35(17-19-42(69)70)45(73)58-30(4)55(83)84/h13-16,28-31,34-41,44,67-68H,7-12,17-27,56H2,1-6H3,(H,57,79)(H,58,73)(H,59,75)(H,60,76)(H,61,77)(H,62,74)(H,63,78)(H,69,70)(H,71,72)(H,83,84)/t29-,30-,31+,34-,35-,36-,37-,38-,39-,40-,41-,44-/m0/s1. The summed E-state index contributed by atoms with van der Waals surface area (Å²) in [5.41, 5.74) is 6.52. The number of aliphatic carboxylic acids is 3. The quantitative estimate of drug-likeness (QED) is 0.0360. The average molecular weight is 1220 g/mol. The zero-order valence-corrected chi connectivity index (χ0v) is 49.5. The van der Waals surface area contributed by atoms with Gasteiger partial charge in [-0.2, -0.15) is 11.8 Å². The molecule has 3 aliphatic heterocycles. The van der Waals surface area contributed by atoms with Crippen LogP contribution in [0.15, 0.2) is 24.3 Å². The number of aromatic hydroxyl groups is 1. The minimum absolute atomic E-state index is 0.0454. The van der Waals surface area contributed by atoms with E-state index in [0.29, 0.717) is 37.7 Å². The molecular formula is C55H83N11O18S. The fourth-order valence-corrected chi connectivity index (χ4v) is 10.8. The first-order valence-corrected chi connectivity index (χ1v) is 29.8. The van der Waals surface area contributed by atoms with E-state index in [-0.39, 0.29) is 62.7 Å². The van der Waals surface area contributed by atoms with Crippen LogP contribution >= 0.6 is 11.8 Å². The Kier molecular flexibility index (Phi) is 27.3. The van der Waals surface area contributed by atoms with E-state index in [0.717, 1.165) is 6.92 Å². The Labute approximate surface area is 496 Å². The number of thioether (sulfide) groups is 1. The first-order valence-electron chi connectivity index (χ1n) is 28.5. The highest BCUT2D eigenvalue weighted by atomic mass is 32.2. The van der Waals surface area contributed by atoms with Crippen LogP contribution in [0.4, 0.5) is 0 Å². The third-order valence-electron chi connectivity index (χ3n) is 14.9. The van der Waals surface area contributed by atoms with Crippen LogP contribution in [0.1, 0.15) is 117 Å². The van der Waals surface area contributed by atoms with Crippen LogP contribution in [0.2, 0.25) is 0 Å². The summed E-state index contributed by atoms with van der Waals surface area (Å²) < 4.78 is 0. The molecule has 3 fully saturated rings. The summed E-state index contributed by atoms with van der Waals surface area (Å²) in [5, 5.41) is 66.3. The van der Waals surface area contributed by atoms with Gasteiger partial charge in [-0.1, -0.05) is 26.0 Å². The smallest absolute Gasteiger partial charge is 0.325 e. The predicted octanol–water partition coefficient (Wildman–Crippen LogP) is -2.34. The summed E-state index contributed by atoms with van der Waals surface area (Å²) in [6.07, 6.45) is -0.256. The van der Waals surface area contributed by atoms with Crippen LogP contribution in [0, 0.1) is 5.92 Å². The normalized spacial score (nSPS) is 19.8. The van der Waals surface area contributed by atoms with Crippen molar-refractivity contribution in [1.29, 1.82) is 0 Å². The van der Waals surface area contributed by atoms with Gasteiger partial charge in [0, 0.05) is 38.9 Å². The zero-order valence-electron chi connectivity index (χ0n) is 48.7. The number of nitrogens with zero attached hydrogens (tertiary/aromatic N) is 3. The van der Waals surface area contributed by atoms with E-state index in [9.17, 15) is 87.9 Å². The number of amides is 10. The lowest BCUT2D eigenvalue weighted by atomic mass is 10.0. The van der Waals surface area contributed by atoms with Gasteiger partial charge in [-0.05, 0) is 121 Å². The number of aliphatic hydroxyl groups is 1. The number of nitrogens with two attached hydrogens (primary N) is 1. The van der Waals surface area contributed by atoms with E-state index < -0.39 is 175 Å². The molecule has 30 heteroatoms. The minimum atomic E-state index is -1.65. The van der Waals surface area contributed by atoms with Gasteiger partial charge < -0.3 is 83.2 Å². The van der Waals surface area contributed by atoms with Crippen molar-refractivity contribution in [3.63, 3.8) is 0 Å². The second-order valence-electron chi connectivity index (χ2n) is 22.1. The van der Waals surface area contributed by atoms with E-state index in [4.69, 9.17) is 5.73 Å². The van der Waals surface area contributed by atoms with Crippen LogP contribution in [-0.4, -0.2) is 221 Å². The molecule has 0 aliphatic carbocycles. The van der Waals surface area contributed by atoms with Crippen LogP contribution in [0.25, 0.3) is 0 Å². The van der Waals surface area contributed by atoms with E-state index >= 15 is 0 Å². The number of phenols is 1. The van der Waals surface area contributed by atoms with Crippen LogP contribution in [0.3, 0.4) is 0 Å². The lowest BCUT2D eigenvalue weighted by Gasteiger charge is -2.33. The fraction of sp³-hybridized carbons (Fsp3) is 0.655. The van der Waals surface area contributed by atoms with Crippen LogP contribution in [-0.2, 0) is 68.7 Å². The molecule has 85 heavy (non-hydrogen) atoms. The van der Waals surface area contributed by atoms with E-state index in [1.165, 1.54) is 64.6 Å². The van der Waals surface area contributed by atoms with Crippen LogP contribution in [0.5, 0.6) is 5.75 Å². The molecule has 0 spiro atoms. The molecule has 0 saturated carbocycles. The third-order valence-corrected chi connectivity index (χ3v) is 15.5. The second kappa shape index (κ2) is 33.2. The molecule has 0 bridgehead atoms. The second-order valence-corrected chi connectivity index (χ2v) is 23.1. The number of aliphatic hydroxyl groups excluding tert-OH is 1. The van der Waals surface area contributed by atoms with Gasteiger partial charge in [-0.15, -0.1) is 0 Å². The first-order chi connectivity index (χ1) is 40.0.